The Morgan fingerprint density at radius 3 is 2.52 bits per heavy atom. The molecule has 0 heterocycles. The fourth-order valence-electron chi connectivity index (χ4n) is 3.70. The van der Waals surface area contributed by atoms with E-state index in [1.54, 1.807) is 5.57 Å². The molecule has 0 unspecified atom stereocenters. The van der Waals surface area contributed by atoms with Gasteiger partial charge in [-0.1, -0.05) is 48.3 Å². The van der Waals surface area contributed by atoms with Crippen LogP contribution in [-0.2, 0) is 0 Å². The molecule has 120 valence electrons. The maximum Gasteiger partial charge on any atom is 0.0605 e. The zero-order chi connectivity index (χ0) is 15.9. The SMILES string of the molecule is CN(CC#Cc1ccccc1)C1CCC(C2=CCCC=C2)CC1. The lowest BCUT2D eigenvalue weighted by molar-refractivity contribution is 0.192. The quantitative estimate of drug-likeness (QED) is 0.725. The molecule has 1 fully saturated rings. The lowest BCUT2D eigenvalue weighted by Crippen LogP contribution is -2.35. The molecule has 0 aromatic heterocycles. The molecule has 0 atom stereocenters. The van der Waals surface area contributed by atoms with Crippen LogP contribution in [-0.4, -0.2) is 24.5 Å². The van der Waals surface area contributed by atoms with Crippen LogP contribution in [0.25, 0.3) is 0 Å². The molecule has 2 aliphatic rings. The van der Waals surface area contributed by atoms with Crippen molar-refractivity contribution in [2.45, 2.75) is 44.6 Å². The summed E-state index contributed by atoms with van der Waals surface area (Å²) in [7, 11) is 2.23. The van der Waals surface area contributed by atoms with Gasteiger partial charge in [-0.05, 0) is 69.2 Å². The Morgan fingerprint density at radius 1 is 1.04 bits per heavy atom. The standard InChI is InChI=1S/C22H27N/c1-23(18-8-11-19-9-4-2-5-10-19)22-16-14-21(15-17-22)20-12-6-3-7-13-20/h2,4-6,9-10,12-13,21-22H,3,7,14-18H2,1H3. The summed E-state index contributed by atoms with van der Waals surface area (Å²) >= 11 is 0. The number of benzene rings is 1. The maximum absolute atomic E-state index is 3.33. The number of hydrogen-bond acceptors (Lipinski definition) is 1. The van der Waals surface area contributed by atoms with Gasteiger partial charge >= 0.3 is 0 Å². The second-order valence-electron chi connectivity index (χ2n) is 6.77. The van der Waals surface area contributed by atoms with E-state index in [1.165, 1.54) is 38.5 Å². The van der Waals surface area contributed by atoms with Crippen LogP contribution in [0.1, 0.15) is 44.1 Å². The monoisotopic (exact) mass is 305 g/mol. The highest BCUT2D eigenvalue weighted by Gasteiger charge is 2.25. The van der Waals surface area contributed by atoms with Gasteiger partial charge in [-0.3, -0.25) is 4.90 Å². The van der Waals surface area contributed by atoms with E-state index >= 15 is 0 Å². The minimum Gasteiger partial charge on any atom is -0.292 e. The van der Waals surface area contributed by atoms with Gasteiger partial charge in [-0.2, -0.15) is 0 Å². The number of allylic oxidation sites excluding steroid dienone is 4. The van der Waals surface area contributed by atoms with Gasteiger partial charge in [0.15, 0.2) is 0 Å². The summed E-state index contributed by atoms with van der Waals surface area (Å²) in [6, 6.07) is 11.0. The summed E-state index contributed by atoms with van der Waals surface area (Å²) < 4.78 is 0. The van der Waals surface area contributed by atoms with E-state index in [0.29, 0.717) is 6.04 Å². The van der Waals surface area contributed by atoms with E-state index in [-0.39, 0.29) is 0 Å². The third kappa shape index (κ3) is 4.60. The summed E-state index contributed by atoms with van der Waals surface area (Å²) in [4.78, 5) is 2.44. The minimum atomic E-state index is 0.699. The van der Waals surface area contributed by atoms with Crippen molar-refractivity contribution in [1.29, 1.82) is 0 Å². The molecular weight excluding hydrogens is 278 g/mol. The van der Waals surface area contributed by atoms with Crippen LogP contribution < -0.4 is 0 Å². The van der Waals surface area contributed by atoms with Gasteiger partial charge in [-0.15, -0.1) is 0 Å². The van der Waals surface area contributed by atoms with Crippen molar-refractivity contribution in [3.05, 3.63) is 59.7 Å². The van der Waals surface area contributed by atoms with Crippen molar-refractivity contribution in [2.24, 2.45) is 5.92 Å². The highest BCUT2D eigenvalue weighted by molar-refractivity contribution is 5.33. The summed E-state index contributed by atoms with van der Waals surface area (Å²) in [6.07, 6.45) is 14.9. The molecule has 0 N–H and O–H groups in total. The van der Waals surface area contributed by atoms with Crippen LogP contribution in [0.3, 0.4) is 0 Å². The molecule has 1 nitrogen and oxygen atoms in total. The van der Waals surface area contributed by atoms with Gasteiger partial charge in [0, 0.05) is 11.6 Å². The lowest BCUT2D eigenvalue weighted by atomic mass is 9.79. The zero-order valence-electron chi connectivity index (χ0n) is 14.2. The van der Waals surface area contributed by atoms with Crippen LogP contribution in [0.15, 0.2) is 54.1 Å². The van der Waals surface area contributed by atoms with Crippen molar-refractivity contribution < 1.29 is 0 Å². The Hall–Kier alpha value is -1.78. The molecule has 3 rings (SSSR count). The average molecular weight is 305 g/mol. The molecule has 0 spiro atoms. The molecular formula is C22H27N. The Morgan fingerprint density at radius 2 is 1.83 bits per heavy atom. The van der Waals surface area contributed by atoms with Crippen LogP contribution in [0.2, 0.25) is 0 Å². The van der Waals surface area contributed by atoms with E-state index in [1.807, 2.05) is 18.2 Å². The lowest BCUT2D eigenvalue weighted by Gasteiger charge is -2.34. The highest BCUT2D eigenvalue weighted by atomic mass is 15.1. The first-order chi connectivity index (χ1) is 11.3. The number of rotatable bonds is 3. The molecule has 0 aliphatic heterocycles. The Kier molecular flexibility index (Phi) is 5.72. The first-order valence-electron chi connectivity index (χ1n) is 8.93. The van der Waals surface area contributed by atoms with E-state index in [9.17, 15) is 0 Å². The zero-order valence-corrected chi connectivity index (χ0v) is 14.2. The minimum absolute atomic E-state index is 0.699. The van der Waals surface area contributed by atoms with E-state index in [2.05, 4.69) is 54.1 Å². The van der Waals surface area contributed by atoms with Gasteiger partial charge in [0.25, 0.3) is 0 Å². The predicted octanol–water partition coefficient (Wildman–Crippen LogP) is 4.81. The first-order valence-corrected chi connectivity index (χ1v) is 8.93. The van der Waals surface area contributed by atoms with E-state index in [4.69, 9.17) is 0 Å². The van der Waals surface area contributed by atoms with E-state index < -0.39 is 0 Å². The van der Waals surface area contributed by atoms with Crippen LogP contribution in [0, 0.1) is 17.8 Å². The Balaban J connectivity index is 1.47. The number of hydrogen-bond donors (Lipinski definition) is 0. The third-order valence-electron chi connectivity index (χ3n) is 5.15. The molecule has 1 saturated carbocycles. The predicted molar refractivity (Wildman–Crippen MR) is 98.2 cm³/mol. The summed E-state index contributed by atoms with van der Waals surface area (Å²) in [5.74, 6) is 7.39. The van der Waals surface area contributed by atoms with Crippen LogP contribution in [0.4, 0.5) is 0 Å². The largest absolute Gasteiger partial charge is 0.292 e. The molecule has 1 heteroatoms. The maximum atomic E-state index is 3.33. The van der Waals surface area contributed by atoms with Gasteiger partial charge < -0.3 is 0 Å². The van der Waals surface area contributed by atoms with E-state index in [0.717, 1.165) is 18.0 Å². The highest BCUT2D eigenvalue weighted by Crippen LogP contribution is 2.33. The molecule has 0 amide bonds. The fraction of sp³-hybridized carbons (Fsp3) is 0.455. The van der Waals surface area contributed by atoms with Gasteiger partial charge in [0.05, 0.1) is 6.54 Å². The molecule has 0 saturated heterocycles. The smallest absolute Gasteiger partial charge is 0.0605 e. The molecule has 1 aromatic carbocycles. The second-order valence-corrected chi connectivity index (χ2v) is 6.77. The van der Waals surface area contributed by atoms with Gasteiger partial charge in [0.1, 0.15) is 0 Å². The fourth-order valence-corrected chi connectivity index (χ4v) is 3.70. The normalized spacial score (nSPS) is 24.0. The summed E-state index contributed by atoms with van der Waals surface area (Å²) in [5, 5.41) is 0. The Bertz CT molecular complexity index is 606. The van der Waals surface area contributed by atoms with Crippen molar-refractivity contribution in [3.8, 4) is 11.8 Å². The Labute approximate surface area is 141 Å². The number of nitrogens with zero attached hydrogens (tertiary/aromatic N) is 1. The van der Waals surface area contributed by atoms with Crippen molar-refractivity contribution >= 4 is 0 Å². The average Bonchev–Trinajstić information content (AvgIpc) is 2.63. The molecule has 23 heavy (non-hydrogen) atoms. The van der Waals surface area contributed by atoms with Crippen molar-refractivity contribution in [1.82, 2.24) is 4.90 Å². The van der Waals surface area contributed by atoms with Crippen molar-refractivity contribution in [2.75, 3.05) is 13.6 Å². The molecule has 1 aromatic rings. The summed E-state index contributed by atoms with van der Waals surface area (Å²) in [6.45, 7) is 0.868. The topological polar surface area (TPSA) is 3.24 Å². The third-order valence-corrected chi connectivity index (χ3v) is 5.15. The summed E-state index contributed by atoms with van der Waals surface area (Å²) in [5.41, 5.74) is 2.71. The van der Waals surface area contributed by atoms with Crippen LogP contribution in [0.5, 0.6) is 0 Å². The molecule has 2 aliphatic carbocycles. The second kappa shape index (κ2) is 8.18. The molecule has 0 radical (unpaired) electrons. The van der Waals surface area contributed by atoms with Gasteiger partial charge in [-0.25, -0.2) is 0 Å². The van der Waals surface area contributed by atoms with Gasteiger partial charge in [0.2, 0.25) is 0 Å². The molecule has 0 bridgehead atoms. The van der Waals surface area contributed by atoms with Crippen molar-refractivity contribution in [3.63, 3.8) is 0 Å². The van der Waals surface area contributed by atoms with Crippen LogP contribution >= 0.6 is 0 Å². The first kappa shape index (κ1) is 16.1.